The smallest absolute Gasteiger partial charge is 0.224 e. The Balaban J connectivity index is 1.58. The molecule has 3 rings (SSSR count). The molecule has 1 aliphatic rings. The average Bonchev–Trinajstić information content (AvgIpc) is 2.74. The molecule has 0 saturated carbocycles. The van der Waals surface area contributed by atoms with E-state index in [1.165, 1.54) is 11.1 Å². The second-order valence-corrected chi connectivity index (χ2v) is 7.58. The Labute approximate surface area is 167 Å². The standard InChI is InChI=1S/C24H30N2O2/c1-3-19-9-11-21(12-10-19)23-14-13-22(17-26(23)18(2)27)24(28)25-16-15-20-7-5-4-6-8-20/h4-12,22-23H,3,13-17H2,1-2H3,(H,25,28)/t22-,23+/m1/s1. The summed E-state index contributed by atoms with van der Waals surface area (Å²) in [6, 6.07) is 18.7. The first-order valence-electron chi connectivity index (χ1n) is 10.3. The number of carbonyl (C=O) groups excluding carboxylic acids is 2. The quantitative estimate of drug-likeness (QED) is 0.829. The van der Waals surface area contributed by atoms with E-state index in [1.807, 2.05) is 23.1 Å². The molecular weight excluding hydrogens is 348 g/mol. The first kappa shape index (κ1) is 20.1. The predicted octanol–water partition coefficient (Wildman–Crippen LogP) is 3.91. The molecule has 1 N–H and O–H groups in total. The zero-order valence-electron chi connectivity index (χ0n) is 16.9. The van der Waals surface area contributed by atoms with Crippen molar-refractivity contribution in [3.63, 3.8) is 0 Å². The molecule has 1 saturated heterocycles. The van der Waals surface area contributed by atoms with Gasteiger partial charge in [0.1, 0.15) is 0 Å². The molecule has 2 amide bonds. The molecular formula is C24H30N2O2. The van der Waals surface area contributed by atoms with Crippen LogP contribution in [0.1, 0.15) is 49.4 Å². The van der Waals surface area contributed by atoms with Gasteiger partial charge in [0.15, 0.2) is 0 Å². The molecule has 0 unspecified atom stereocenters. The maximum atomic E-state index is 12.6. The van der Waals surface area contributed by atoms with Crippen molar-refractivity contribution in [1.29, 1.82) is 0 Å². The fraction of sp³-hybridized carbons (Fsp3) is 0.417. The van der Waals surface area contributed by atoms with Crippen molar-refractivity contribution in [2.75, 3.05) is 13.1 Å². The normalized spacial score (nSPS) is 19.3. The Bertz CT molecular complexity index is 786. The molecule has 1 aliphatic heterocycles. The fourth-order valence-corrected chi connectivity index (χ4v) is 3.97. The van der Waals surface area contributed by atoms with Crippen molar-refractivity contribution in [3.05, 3.63) is 71.3 Å². The molecule has 0 bridgehead atoms. The lowest BCUT2D eigenvalue weighted by atomic mass is 9.88. The van der Waals surface area contributed by atoms with Crippen molar-refractivity contribution in [1.82, 2.24) is 10.2 Å². The van der Waals surface area contributed by atoms with Crippen LogP contribution in [0, 0.1) is 5.92 Å². The van der Waals surface area contributed by atoms with Crippen molar-refractivity contribution in [2.24, 2.45) is 5.92 Å². The van der Waals surface area contributed by atoms with E-state index in [0.29, 0.717) is 13.1 Å². The van der Waals surface area contributed by atoms with Crippen LogP contribution in [0.25, 0.3) is 0 Å². The second kappa shape index (κ2) is 9.54. The zero-order chi connectivity index (χ0) is 19.9. The summed E-state index contributed by atoms with van der Waals surface area (Å²) in [5.74, 6) is -0.0424. The van der Waals surface area contributed by atoms with Gasteiger partial charge in [-0.3, -0.25) is 9.59 Å². The van der Waals surface area contributed by atoms with E-state index in [4.69, 9.17) is 0 Å². The molecule has 1 fully saturated rings. The summed E-state index contributed by atoms with van der Waals surface area (Å²) in [5, 5.41) is 3.05. The third-order valence-corrected chi connectivity index (χ3v) is 5.69. The summed E-state index contributed by atoms with van der Waals surface area (Å²) < 4.78 is 0. The van der Waals surface area contributed by atoms with E-state index >= 15 is 0 Å². The van der Waals surface area contributed by atoms with Gasteiger partial charge in [-0.15, -0.1) is 0 Å². The molecule has 28 heavy (non-hydrogen) atoms. The first-order chi connectivity index (χ1) is 13.6. The highest BCUT2D eigenvalue weighted by Gasteiger charge is 2.34. The Kier molecular flexibility index (Phi) is 6.85. The highest BCUT2D eigenvalue weighted by atomic mass is 16.2. The molecule has 4 heteroatoms. The number of carbonyl (C=O) groups is 2. The van der Waals surface area contributed by atoms with Crippen molar-refractivity contribution in [2.45, 2.75) is 45.6 Å². The van der Waals surface area contributed by atoms with E-state index in [-0.39, 0.29) is 23.8 Å². The van der Waals surface area contributed by atoms with E-state index in [0.717, 1.165) is 31.2 Å². The largest absolute Gasteiger partial charge is 0.355 e. The molecule has 148 valence electrons. The van der Waals surface area contributed by atoms with E-state index < -0.39 is 0 Å². The van der Waals surface area contributed by atoms with Gasteiger partial charge in [-0.25, -0.2) is 0 Å². The summed E-state index contributed by atoms with van der Waals surface area (Å²) in [6.45, 7) is 4.86. The third-order valence-electron chi connectivity index (χ3n) is 5.69. The van der Waals surface area contributed by atoms with Gasteiger partial charge in [-0.1, -0.05) is 61.5 Å². The molecule has 0 aliphatic carbocycles. The number of piperidine rings is 1. The topological polar surface area (TPSA) is 49.4 Å². The van der Waals surface area contributed by atoms with Gasteiger partial charge in [0.2, 0.25) is 11.8 Å². The van der Waals surface area contributed by atoms with Gasteiger partial charge in [-0.2, -0.15) is 0 Å². The number of aryl methyl sites for hydroxylation is 1. The first-order valence-corrected chi connectivity index (χ1v) is 10.3. The van der Waals surface area contributed by atoms with Crippen LogP contribution in [0.4, 0.5) is 0 Å². The molecule has 0 aromatic heterocycles. The van der Waals surface area contributed by atoms with Crippen molar-refractivity contribution in [3.8, 4) is 0 Å². The highest BCUT2D eigenvalue weighted by Crippen LogP contribution is 2.33. The highest BCUT2D eigenvalue weighted by molar-refractivity contribution is 5.81. The van der Waals surface area contributed by atoms with Gasteiger partial charge in [0.25, 0.3) is 0 Å². The zero-order valence-corrected chi connectivity index (χ0v) is 16.9. The molecule has 2 aromatic carbocycles. The van der Waals surface area contributed by atoms with Gasteiger partial charge in [0, 0.05) is 20.0 Å². The third kappa shape index (κ3) is 5.00. The minimum atomic E-state index is -0.133. The maximum Gasteiger partial charge on any atom is 0.224 e. The van der Waals surface area contributed by atoms with Crippen LogP contribution >= 0.6 is 0 Å². The summed E-state index contributed by atoms with van der Waals surface area (Å²) in [5.41, 5.74) is 3.67. The van der Waals surface area contributed by atoms with Crippen LogP contribution in [0.15, 0.2) is 54.6 Å². The van der Waals surface area contributed by atoms with Crippen LogP contribution in [0.2, 0.25) is 0 Å². The number of amides is 2. The Morgan fingerprint density at radius 2 is 1.71 bits per heavy atom. The van der Waals surface area contributed by atoms with Crippen LogP contribution in [-0.2, 0) is 22.4 Å². The van der Waals surface area contributed by atoms with Crippen LogP contribution in [-0.4, -0.2) is 29.8 Å². The molecule has 0 spiro atoms. The molecule has 0 radical (unpaired) electrons. The second-order valence-electron chi connectivity index (χ2n) is 7.58. The lowest BCUT2D eigenvalue weighted by molar-refractivity contribution is -0.137. The number of likely N-dealkylation sites (tertiary alicyclic amines) is 1. The van der Waals surface area contributed by atoms with Crippen LogP contribution in [0.3, 0.4) is 0 Å². The lowest BCUT2D eigenvalue weighted by Crippen LogP contribution is -2.46. The maximum absolute atomic E-state index is 12.6. The summed E-state index contributed by atoms with van der Waals surface area (Å²) in [4.78, 5) is 26.8. The lowest BCUT2D eigenvalue weighted by Gasteiger charge is -2.39. The number of hydrogen-bond donors (Lipinski definition) is 1. The monoisotopic (exact) mass is 378 g/mol. The van der Waals surface area contributed by atoms with Crippen molar-refractivity contribution >= 4 is 11.8 Å². The number of nitrogens with one attached hydrogen (secondary N) is 1. The molecule has 1 heterocycles. The van der Waals surface area contributed by atoms with Crippen LogP contribution in [0.5, 0.6) is 0 Å². The average molecular weight is 379 g/mol. The molecule has 2 aromatic rings. The van der Waals surface area contributed by atoms with Gasteiger partial charge in [-0.05, 0) is 42.4 Å². The molecule has 4 nitrogen and oxygen atoms in total. The number of hydrogen-bond acceptors (Lipinski definition) is 2. The van der Waals surface area contributed by atoms with Gasteiger partial charge >= 0.3 is 0 Å². The summed E-state index contributed by atoms with van der Waals surface area (Å²) in [6.07, 6.45) is 3.46. The Hall–Kier alpha value is -2.62. The number of rotatable bonds is 6. The molecule has 2 atom stereocenters. The minimum absolute atomic E-state index is 0.0337. The van der Waals surface area contributed by atoms with Gasteiger partial charge < -0.3 is 10.2 Å². The SMILES string of the molecule is CCc1ccc([C@@H]2CC[C@@H](C(=O)NCCc3ccccc3)CN2C(C)=O)cc1. The fourth-order valence-electron chi connectivity index (χ4n) is 3.97. The van der Waals surface area contributed by atoms with Crippen molar-refractivity contribution < 1.29 is 9.59 Å². The van der Waals surface area contributed by atoms with Gasteiger partial charge in [0.05, 0.1) is 12.0 Å². The number of benzene rings is 2. The van der Waals surface area contributed by atoms with E-state index in [2.05, 4.69) is 48.6 Å². The summed E-state index contributed by atoms with van der Waals surface area (Å²) >= 11 is 0. The summed E-state index contributed by atoms with van der Waals surface area (Å²) in [7, 11) is 0. The minimum Gasteiger partial charge on any atom is -0.355 e. The predicted molar refractivity (Wildman–Crippen MR) is 112 cm³/mol. The van der Waals surface area contributed by atoms with E-state index in [1.54, 1.807) is 6.92 Å². The van der Waals surface area contributed by atoms with Crippen LogP contribution < -0.4 is 5.32 Å². The Morgan fingerprint density at radius 3 is 2.36 bits per heavy atom. The number of nitrogens with zero attached hydrogens (tertiary/aromatic N) is 1. The van der Waals surface area contributed by atoms with E-state index in [9.17, 15) is 9.59 Å². The Morgan fingerprint density at radius 1 is 1.00 bits per heavy atom.